The predicted molar refractivity (Wildman–Crippen MR) is 77.3 cm³/mol. The minimum Gasteiger partial charge on any atom is -0.378 e. The van der Waals surface area contributed by atoms with E-state index in [0.717, 1.165) is 11.0 Å². The maximum Gasteiger partial charge on any atom is 0.0495 e. The molecule has 94 valence electrons. The van der Waals surface area contributed by atoms with Crippen molar-refractivity contribution in [1.29, 1.82) is 0 Å². The minimum absolute atomic E-state index is 0.115. The fourth-order valence-corrected chi connectivity index (χ4v) is 2.89. The van der Waals surface area contributed by atoms with Gasteiger partial charge in [0.05, 0.1) is 0 Å². The molecule has 0 atom stereocenters. The van der Waals surface area contributed by atoms with Crippen molar-refractivity contribution >= 4 is 21.6 Å². The Morgan fingerprint density at radius 2 is 1.65 bits per heavy atom. The lowest BCUT2D eigenvalue weighted by Crippen LogP contribution is -2.45. The van der Waals surface area contributed by atoms with E-state index >= 15 is 0 Å². The molecule has 1 aromatic rings. The Balaban J connectivity index is 2.09. The molecule has 0 spiro atoms. The molecule has 0 unspecified atom stereocenters. The smallest absolute Gasteiger partial charge is 0.0495 e. The summed E-state index contributed by atoms with van der Waals surface area (Å²) in [6, 6.07) is 8.38. The first-order valence-corrected chi connectivity index (χ1v) is 7.27. The summed E-state index contributed by atoms with van der Waals surface area (Å²) in [5.74, 6) is 0. The van der Waals surface area contributed by atoms with Crippen molar-refractivity contribution in [3.05, 3.63) is 28.7 Å². The fraction of sp³-hybridized carbons (Fsp3) is 0.571. The summed E-state index contributed by atoms with van der Waals surface area (Å²) in [6.45, 7) is 0.725. The topological polar surface area (TPSA) is 38.0 Å². The van der Waals surface area contributed by atoms with Crippen LogP contribution >= 0.6 is 15.9 Å². The number of nitrogens with two attached hydrogens (primary N) is 1. The quantitative estimate of drug-likeness (QED) is 0.830. The van der Waals surface area contributed by atoms with Crippen LogP contribution < -0.4 is 11.1 Å². The van der Waals surface area contributed by atoms with Crippen LogP contribution in [0, 0.1) is 0 Å². The van der Waals surface area contributed by atoms with Gasteiger partial charge in [-0.05, 0) is 37.1 Å². The molecule has 0 bridgehead atoms. The fourth-order valence-electron chi connectivity index (χ4n) is 2.62. The first kappa shape index (κ1) is 12.9. The molecule has 2 nitrogen and oxygen atoms in total. The highest BCUT2D eigenvalue weighted by Crippen LogP contribution is 2.30. The van der Waals surface area contributed by atoms with Crippen LogP contribution in [0.3, 0.4) is 0 Å². The number of nitrogens with one attached hydrogen (secondary N) is 1. The van der Waals surface area contributed by atoms with Crippen molar-refractivity contribution in [2.45, 2.75) is 44.1 Å². The molecular weight excluding hydrogens is 276 g/mol. The van der Waals surface area contributed by atoms with Gasteiger partial charge in [-0.2, -0.15) is 0 Å². The maximum absolute atomic E-state index is 6.01. The predicted octanol–water partition coefficient (Wildman–Crippen LogP) is 3.91. The van der Waals surface area contributed by atoms with Gasteiger partial charge in [0, 0.05) is 22.2 Å². The molecule has 1 saturated carbocycles. The molecule has 1 aromatic carbocycles. The second-order valence-corrected chi connectivity index (χ2v) is 5.95. The van der Waals surface area contributed by atoms with Gasteiger partial charge in [0.25, 0.3) is 0 Å². The second kappa shape index (κ2) is 5.87. The number of rotatable bonds is 3. The van der Waals surface area contributed by atoms with Gasteiger partial charge >= 0.3 is 0 Å². The van der Waals surface area contributed by atoms with E-state index in [2.05, 4.69) is 45.5 Å². The average Bonchev–Trinajstić information content (AvgIpc) is 2.58. The first-order chi connectivity index (χ1) is 8.24. The van der Waals surface area contributed by atoms with Gasteiger partial charge in [-0.25, -0.2) is 0 Å². The van der Waals surface area contributed by atoms with Gasteiger partial charge in [-0.1, -0.05) is 41.6 Å². The standard InChI is InChI=1S/C14H21BrN2/c15-12-5-7-13(8-6-12)17-14(11-16)9-3-1-2-4-10-14/h5-8,17H,1-4,9-11,16H2. The highest BCUT2D eigenvalue weighted by atomic mass is 79.9. The van der Waals surface area contributed by atoms with Crippen molar-refractivity contribution in [3.8, 4) is 0 Å². The largest absolute Gasteiger partial charge is 0.378 e. The third-order valence-corrected chi connectivity index (χ3v) is 4.23. The van der Waals surface area contributed by atoms with E-state index in [0.29, 0.717) is 0 Å². The van der Waals surface area contributed by atoms with Gasteiger partial charge in [-0.15, -0.1) is 0 Å². The molecule has 3 heteroatoms. The lowest BCUT2D eigenvalue weighted by molar-refractivity contribution is 0.418. The molecule has 0 heterocycles. The summed E-state index contributed by atoms with van der Waals surface area (Å²) in [5, 5.41) is 3.67. The van der Waals surface area contributed by atoms with E-state index < -0.39 is 0 Å². The summed E-state index contributed by atoms with van der Waals surface area (Å²) < 4.78 is 1.12. The van der Waals surface area contributed by atoms with Crippen LogP contribution in [0.1, 0.15) is 38.5 Å². The third-order valence-electron chi connectivity index (χ3n) is 3.71. The Labute approximate surface area is 112 Å². The van der Waals surface area contributed by atoms with Crippen LogP contribution in [0.4, 0.5) is 5.69 Å². The number of anilines is 1. The number of hydrogen-bond acceptors (Lipinski definition) is 2. The van der Waals surface area contributed by atoms with Crippen LogP contribution in [0.15, 0.2) is 28.7 Å². The lowest BCUT2D eigenvalue weighted by atomic mass is 9.90. The van der Waals surface area contributed by atoms with Crippen molar-refractivity contribution in [2.75, 3.05) is 11.9 Å². The Kier molecular flexibility index (Phi) is 4.46. The Morgan fingerprint density at radius 3 is 2.18 bits per heavy atom. The summed E-state index contributed by atoms with van der Waals surface area (Å²) in [4.78, 5) is 0. The Morgan fingerprint density at radius 1 is 1.06 bits per heavy atom. The van der Waals surface area contributed by atoms with Gasteiger partial charge in [0.2, 0.25) is 0 Å². The van der Waals surface area contributed by atoms with Gasteiger partial charge in [-0.3, -0.25) is 0 Å². The highest BCUT2D eigenvalue weighted by Gasteiger charge is 2.28. The molecular formula is C14H21BrN2. The zero-order chi connectivity index (χ0) is 12.1. The van der Waals surface area contributed by atoms with E-state index in [1.807, 2.05) is 0 Å². The van der Waals surface area contributed by atoms with Crippen molar-refractivity contribution in [2.24, 2.45) is 5.73 Å². The van der Waals surface area contributed by atoms with E-state index in [4.69, 9.17) is 5.73 Å². The lowest BCUT2D eigenvalue weighted by Gasteiger charge is -2.34. The van der Waals surface area contributed by atoms with Crippen molar-refractivity contribution in [1.82, 2.24) is 0 Å². The Hall–Kier alpha value is -0.540. The van der Waals surface area contributed by atoms with E-state index in [-0.39, 0.29) is 5.54 Å². The van der Waals surface area contributed by atoms with Crippen molar-refractivity contribution < 1.29 is 0 Å². The van der Waals surface area contributed by atoms with E-state index in [9.17, 15) is 0 Å². The normalized spacial score (nSPS) is 19.6. The van der Waals surface area contributed by atoms with Crippen molar-refractivity contribution in [3.63, 3.8) is 0 Å². The molecule has 1 fully saturated rings. The molecule has 17 heavy (non-hydrogen) atoms. The van der Waals surface area contributed by atoms with Gasteiger partial charge in [0.1, 0.15) is 0 Å². The number of halogens is 1. The summed E-state index contributed by atoms with van der Waals surface area (Å²) in [7, 11) is 0. The van der Waals surface area contributed by atoms with Crippen LogP contribution in [0.5, 0.6) is 0 Å². The van der Waals surface area contributed by atoms with Crippen LogP contribution in [0.25, 0.3) is 0 Å². The molecule has 1 aliphatic rings. The SMILES string of the molecule is NCC1(Nc2ccc(Br)cc2)CCCCCC1. The van der Waals surface area contributed by atoms with Crippen LogP contribution in [0.2, 0.25) is 0 Å². The summed E-state index contributed by atoms with van der Waals surface area (Å²) in [5.41, 5.74) is 7.31. The number of hydrogen-bond donors (Lipinski definition) is 2. The highest BCUT2D eigenvalue weighted by molar-refractivity contribution is 9.10. The molecule has 3 N–H and O–H groups in total. The summed E-state index contributed by atoms with van der Waals surface area (Å²) >= 11 is 3.46. The van der Waals surface area contributed by atoms with Crippen LogP contribution in [-0.4, -0.2) is 12.1 Å². The zero-order valence-corrected chi connectivity index (χ0v) is 11.8. The molecule has 0 aliphatic heterocycles. The molecule has 0 saturated heterocycles. The van der Waals surface area contributed by atoms with Crippen LogP contribution in [-0.2, 0) is 0 Å². The first-order valence-electron chi connectivity index (χ1n) is 6.48. The zero-order valence-electron chi connectivity index (χ0n) is 10.2. The third kappa shape index (κ3) is 3.46. The summed E-state index contributed by atoms with van der Waals surface area (Å²) in [6.07, 6.45) is 7.67. The van der Waals surface area contributed by atoms with E-state index in [1.54, 1.807) is 0 Å². The average molecular weight is 297 g/mol. The second-order valence-electron chi connectivity index (χ2n) is 5.03. The molecule has 1 aliphatic carbocycles. The maximum atomic E-state index is 6.01. The minimum atomic E-state index is 0.115. The van der Waals surface area contributed by atoms with Gasteiger partial charge in [0.15, 0.2) is 0 Å². The molecule has 0 radical (unpaired) electrons. The monoisotopic (exact) mass is 296 g/mol. The molecule has 0 aromatic heterocycles. The Bertz CT molecular complexity index is 340. The molecule has 2 rings (SSSR count). The van der Waals surface area contributed by atoms with E-state index in [1.165, 1.54) is 44.2 Å². The number of benzene rings is 1. The van der Waals surface area contributed by atoms with Gasteiger partial charge < -0.3 is 11.1 Å². The molecule has 0 amide bonds.